The number of nitrogens with zero attached hydrogens (tertiary/aromatic N) is 2. The first kappa shape index (κ1) is 11.9. The van der Waals surface area contributed by atoms with E-state index < -0.39 is 0 Å². The minimum Gasteiger partial charge on any atom is -0.399 e. The molecule has 0 atom stereocenters. The summed E-state index contributed by atoms with van der Waals surface area (Å²) in [6.07, 6.45) is 1.59. The molecule has 0 fully saturated rings. The smallest absolute Gasteiger partial charge is 0.138 e. The normalized spacial score (nSPS) is 10.8. The topological polar surface area (TPSA) is 63.8 Å². The molecule has 2 heterocycles. The Morgan fingerprint density at radius 3 is 3.05 bits per heavy atom. The van der Waals surface area contributed by atoms with Crippen molar-refractivity contribution >= 4 is 33.1 Å². The molecule has 0 aliphatic carbocycles. The van der Waals surface area contributed by atoms with Gasteiger partial charge in [0, 0.05) is 12.2 Å². The zero-order chi connectivity index (χ0) is 13.2. The van der Waals surface area contributed by atoms with Crippen molar-refractivity contribution in [3.05, 3.63) is 47.1 Å². The Labute approximate surface area is 115 Å². The van der Waals surface area contributed by atoms with Crippen molar-refractivity contribution in [2.75, 3.05) is 11.1 Å². The number of fused-ring (bicyclic) bond motifs is 1. The van der Waals surface area contributed by atoms with Crippen LogP contribution >= 0.6 is 11.3 Å². The average Bonchev–Trinajstić information content (AvgIpc) is 2.89. The Morgan fingerprint density at radius 1 is 1.26 bits per heavy atom. The number of anilines is 2. The summed E-state index contributed by atoms with van der Waals surface area (Å²) in [4.78, 5) is 9.54. The summed E-state index contributed by atoms with van der Waals surface area (Å²) in [5.41, 5.74) is 9.03. The molecular formula is C14H14N4S. The molecule has 0 radical (unpaired) electrons. The molecule has 3 N–H and O–H groups in total. The molecule has 0 aliphatic heterocycles. The van der Waals surface area contributed by atoms with Gasteiger partial charge in [-0.1, -0.05) is 12.1 Å². The van der Waals surface area contributed by atoms with E-state index in [1.54, 1.807) is 17.7 Å². The molecule has 96 valence electrons. The van der Waals surface area contributed by atoms with Gasteiger partial charge in [0.2, 0.25) is 0 Å². The molecule has 1 aromatic carbocycles. The molecule has 0 amide bonds. The SMILES string of the molecule is Cc1c(N)cccc1CNc1ncnc2sccc12. The van der Waals surface area contributed by atoms with Gasteiger partial charge in [0.25, 0.3) is 0 Å². The van der Waals surface area contributed by atoms with Crippen molar-refractivity contribution in [2.45, 2.75) is 13.5 Å². The summed E-state index contributed by atoms with van der Waals surface area (Å²) in [6.45, 7) is 2.74. The summed E-state index contributed by atoms with van der Waals surface area (Å²) in [5.74, 6) is 0.869. The Morgan fingerprint density at radius 2 is 2.16 bits per heavy atom. The van der Waals surface area contributed by atoms with Gasteiger partial charge in [-0.25, -0.2) is 9.97 Å². The summed E-state index contributed by atoms with van der Waals surface area (Å²) in [5, 5.41) is 6.45. The average molecular weight is 270 g/mol. The zero-order valence-corrected chi connectivity index (χ0v) is 11.4. The van der Waals surface area contributed by atoms with Gasteiger partial charge in [-0.05, 0) is 35.6 Å². The maximum absolute atomic E-state index is 5.91. The van der Waals surface area contributed by atoms with E-state index in [0.29, 0.717) is 6.54 Å². The van der Waals surface area contributed by atoms with E-state index in [4.69, 9.17) is 5.73 Å². The van der Waals surface area contributed by atoms with E-state index in [-0.39, 0.29) is 0 Å². The van der Waals surface area contributed by atoms with Crippen LogP contribution in [0.5, 0.6) is 0 Å². The summed E-state index contributed by atoms with van der Waals surface area (Å²) in [6, 6.07) is 8.00. The van der Waals surface area contributed by atoms with Crippen LogP contribution < -0.4 is 11.1 Å². The maximum atomic E-state index is 5.91. The van der Waals surface area contributed by atoms with Gasteiger partial charge in [-0.15, -0.1) is 11.3 Å². The van der Waals surface area contributed by atoms with Crippen LogP contribution in [0.15, 0.2) is 36.0 Å². The number of thiophene rings is 1. The predicted octanol–water partition coefficient (Wildman–Crippen LogP) is 3.19. The second kappa shape index (κ2) is 4.85. The molecule has 5 heteroatoms. The van der Waals surface area contributed by atoms with E-state index >= 15 is 0 Å². The quantitative estimate of drug-likeness (QED) is 0.717. The van der Waals surface area contributed by atoms with Crippen LogP contribution in [0.3, 0.4) is 0 Å². The van der Waals surface area contributed by atoms with Crippen LogP contribution in [-0.4, -0.2) is 9.97 Å². The third-order valence-corrected chi connectivity index (χ3v) is 4.02. The van der Waals surface area contributed by atoms with Crippen LogP contribution in [0, 0.1) is 6.92 Å². The highest BCUT2D eigenvalue weighted by Gasteiger charge is 2.06. The van der Waals surface area contributed by atoms with Gasteiger partial charge in [0.1, 0.15) is 17.0 Å². The number of hydrogen-bond donors (Lipinski definition) is 2. The number of aromatic nitrogens is 2. The van der Waals surface area contributed by atoms with Gasteiger partial charge < -0.3 is 11.1 Å². The molecule has 4 nitrogen and oxygen atoms in total. The highest BCUT2D eigenvalue weighted by Crippen LogP contribution is 2.24. The zero-order valence-electron chi connectivity index (χ0n) is 10.6. The summed E-state index contributed by atoms with van der Waals surface area (Å²) in [7, 11) is 0. The van der Waals surface area contributed by atoms with Crippen molar-refractivity contribution in [1.82, 2.24) is 9.97 Å². The van der Waals surface area contributed by atoms with Crippen molar-refractivity contribution < 1.29 is 0 Å². The van der Waals surface area contributed by atoms with E-state index in [2.05, 4.69) is 21.4 Å². The standard InChI is InChI=1S/C14H14N4S/c1-9-10(3-2-4-12(9)15)7-16-13-11-5-6-19-14(11)18-8-17-13/h2-6,8H,7,15H2,1H3,(H,16,17,18). The van der Waals surface area contributed by atoms with Gasteiger partial charge in [-0.3, -0.25) is 0 Å². The van der Waals surface area contributed by atoms with Crippen molar-refractivity contribution in [3.8, 4) is 0 Å². The lowest BCUT2D eigenvalue weighted by atomic mass is 10.1. The molecule has 0 saturated heterocycles. The lowest BCUT2D eigenvalue weighted by Gasteiger charge is -2.10. The van der Waals surface area contributed by atoms with Gasteiger partial charge in [-0.2, -0.15) is 0 Å². The van der Waals surface area contributed by atoms with E-state index in [9.17, 15) is 0 Å². The van der Waals surface area contributed by atoms with Crippen LogP contribution in [0.1, 0.15) is 11.1 Å². The molecule has 0 spiro atoms. The Balaban J connectivity index is 1.86. The summed E-state index contributed by atoms with van der Waals surface area (Å²) < 4.78 is 0. The van der Waals surface area contributed by atoms with Crippen LogP contribution in [0.2, 0.25) is 0 Å². The van der Waals surface area contributed by atoms with Gasteiger partial charge in [0.05, 0.1) is 5.39 Å². The first-order valence-electron chi connectivity index (χ1n) is 6.02. The number of hydrogen-bond acceptors (Lipinski definition) is 5. The fourth-order valence-corrected chi connectivity index (χ4v) is 2.74. The predicted molar refractivity (Wildman–Crippen MR) is 80.3 cm³/mol. The van der Waals surface area contributed by atoms with E-state index in [1.165, 1.54) is 5.56 Å². The third-order valence-electron chi connectivity index (χ3n) is 3.20. The molecule has 19 heavy (non-hydrogen) atoms. The number of rotatable bonds is 3. The fraction of sp³-hybridized carbons (Fsp3) is 0.143. The summed E-state index contributed by atoms with van der Waals surface area (Å²) >= 11 is 1.62. The molecule has 0 bridgehead atoms. The molecule has 0 aliphatic rings. The highest BCUT2D eigenvalue weighted by molar-refractivity contribution is 7.16. The Bertz CT molecular complexity index is 720. The number of benzene rings is 1. The monoisotopic (exact) mass is 270 g/mol. The second-order valence-corrected chi connectivity index (χ2v) is 5.24. The van der Waals surface area contributed by atoms with Crippen LogP contribution in [0.4, 0.5) is 11.5 Å². The largest absolute Gasteiger partial charge is 0.399 e. The molecular weight excluding hydrogens is 256 g/mol. The molecule has 3 rings (SSSR count). The minimum absolute atomic E-state index is 0.707. The minimum atomic E-state index is 0.707. The first-order valence-corrected chi connectivity index (χ1v) is 6.89. The fourth-order valence-electron chi connectivity index (χ4n) is 2.00. The molecule has 0 saturated carbocycles. The molecule has 0 unspecified atom stereocenters. The van der Waals surface area contributed by atoms with Gasteiger partial charge >= 0.3 is 0 Å². The lowest BCUT2D eigenvalue weighted by molar-refractivity contribution is 1.09. The van der Waals surface area contributed by atoms with Gasteiger partial charge in [0.15, 0.2) is 0 Å². The number of nitrogen functional groups attached to an aromatic ring is 1. The Hall–Kier alpha value is -2.14. The number of nitrogens with two attached hydrogens (primary N) is 1. The Kier molecular flexibility index (Phi) is 3.05. The first-order chi connectivity index (χ1) is 9.25. The van der Waals surface area contributed by atoms with E-state index in [0.717, 1.165) is 27.3 Å². The van der Waals surface area contributed by atoms with Crippen LogP contribution in [-0.2, 0) is 6.54 Å². The highest BCUT2D eigenvalue weighted by atomic mass is 32.1. The van der Waals surface area contributed by atoms with Crippen molar-refractivity contribution in [3.63, 3.8) is 0 Å². The number of nitrogens with one attached hydrogen (secondary N) is 1. The third kappa shape index (κ3) is 2.24. The lowest BCUT2D eigenvalue weighted by Crippen LogP contribution is -2.04. The van der Waals surface area contributed by atoms with Crippen molar-refractivity contribution in [2.24, 2.45) is 0 Å². The van der Waals surface area contributed by atoms with E-state index in [1.807, 2.05) is 30.5 Å². The maximum Gasteiger partial charge on any atom is 0.138 e. The second-order valence-electron chi connectivity index (χ2n) is 4.35. The van der Waals surface area contributed by atoms with Crippen LogP contribution in [0.25, 0.3) is 10.2 Å². The molecule has 3 aromatic rings. The van der Waals surface area contributed by atoms with Crippen molar-refractivity contribution in [1.29, 1.82) is 0 Å². The molecule has 2 aromatic heterocycles.